The fourth-order valence-electron chi connectivity index (χ4n) is 1.07. The average molecular weight is 234 g/mol. The normalized spacial score (nSPS) is 9.56. The van der Waals surface area contributed by atoms with Crippen LogP contribution in [-0.2, 0) is 0 Å². The number of aromatic nitrogens is 1. The fourth-order valence-corrected chi connectivity index (χ4v) is 1.25. The Morgan fingerprint density at radius 2 is 2.38 bits per heavy atom. The van der Waals surface area contributed by atoms with Gasteiger partial charge in [0.25, 0.3) is 0 Å². The van der Waals surface area contributed by atoms with Gasteiger partial charge in [-0.2, -0.15) is 0 Å². The molecule has 82 valence electrons. The number of carbonyl (C=O) groups is 1. The van der Waals surface area contributed by atoms with Gasteiger partial charge in [-0.25, -0.2) is 9.78 Å². The van der Waals surface area contributed by atoms with E-state index in [1.54, 1.807) is 0 Å². The lowest BCUT2D eigenvalue weighted by atomic mass is 9.93. The summed E-state index contributed by atoms with van der Waals surface area (Å²) in [6.07, 6.45) is 1.40. The molecular weight excluding hydrogens is 223 g/mol. The molecule has 0 atom stereocenters. The number of amides is 2. The molecule has 16 heavy (non-hydrogen) atoms. The van der Waals surface area contributed by atoms with Crippen LogP contribution in [0.25, 0.3) is 0 Å². The Labute approximate surface area is 100 Å². The van der Waals surface area contributed by atoms with Gasteiger partial charge >= 0.3 is 6.03 Å². The van der Waals surface area contributed by atoms with E-state index in [-0.39, 0.29) is 11.0 Å². The molecule has 1 aromatic rings. The van der Waals surface area contributed by atoms with E-state index < -0.39 is 0 Å². The Balaban J connectivity index is 2.87. The highest BCUT2D eigenvalue weighted by Crippen LogP contribution is 2.04. The number of thiocarbonyl (C=S) groups is 1. The second-order valence-electron chi connectivity index (χ2n) is 3.01. The van der Waals surface area contributed by atoms with Gasteiger partial charge in [-0.1, -0.05) is 17.7 Å². The molecule has 0 bridgehead atoms. The lowest BCUT2D eigenvalue weighted by Crippen LogP contribution is -2.29. The maximum Gasteiger partial charge on any atom is 0.320 e. The predicted molar refractivity (Wildman–Crippen MR) is 68.2 cm³/mol. The van der Waals surface area contributed by atoms with Crippen LogP contribution in [0.3, 0.4) is 0 Å². The van der Waals surface area contributed by atoms with Crippen molar-refractivity contribution in [2.45, 2.75) is 6.92 Å². The molecule has 7 heteroatoms. The number of anilines is 1. The second kappa shape index (κ2) is 5.46. The first-order chi connectivity index (χ1) is 7.54. The largest absolute Gasteiger partial charge is 0.389 e. The number of hydrogen-bond acceptors (Lipinski definition) is 3. The number of pyridine rings is 1. The van der Waals surface area contributed by atoms with Crippen molar-refractivity contribution in [3.8, 4) is 0 Å². The van der Waals surface area contributed by atoms with Crippen molar-refractivity contribution in [2.75, 3.05) is 11.9 Å². The monoisotopic (exact) mass is 234 g/mol. The van der Waals surface area contributed by atoms with Gasteiger partial charge in [0.1, 0.15) is 18.7 Å². The van der Waals surface area contributed by atoms with Gasteiger partial charge in [0.2, 0.25) is 0 Å². The summed E-state index contributed by atoms with van der Waals surface area (Å²) in [5.41, 5.74) is 6.35. The van der Waals surface area contributed by atoms with Crippen molar-refractivity contribution in [1.29, 1.82) is 0 Å². The lowest BCUT2D eigenvalue weighted by molar-refractivity contribution is 0.252. The molecule has 2 radical (unpaired) electrons. The van der Waals surface area contributed by atoms with Gasteiger partial charge < -0.3 is 11.1 Å². The molecular formula is C9H11BN4OS. The number of rotatable bonds is 3. The van der Waals surface area contributed by atoms with E-state index in [1.165, 1.54) is 12.3 Å². The summed E-state index contributed by atoms with van der Waals surface area (Å²) in [6.45, 7) is 2.35. The minimum absolute atomic E-state index is 0.166. The fraction of sp³-hybridized carbons (Fsp3) is 0.222. The summed E-state index contributed by atoms with van der Waals surface area (Å²) in [6, 6.07) is 1.20. The summed E-state index contributed by atoms with van der Waals surface area (Å²) in [7, 11) is 5.62. The number of nitrogens with two attached hydrogens (primary N) is 1. The Morgan fingerprint density at radius 3 is 2.94 bits per heavy atom. The van der Waals surface area contributed by atoms with Gasteiger partial charge in [0.15, 0.2) is 0 Å². The van der Waals surface area contributed by atoms with E-state index in [0.29, 0.717) is 23.4 Å². The molecule has 0 aromatic carbocycles. The third kappa shape index (κ3) is 3.20. The van der Waals surface area contributed by atoms with Crippen molar-refractivity contribution < 1.29 is 4.79 Å². The van der Waals surface area contributed by atoms with Crippen molar-refractivity contribution in [3.63, 3.8) is 0 Å². The zero-order valence-electron chi connectivity index (χ0n) is 8.78. The Morgan fingerprint density at radius 1 is 1.69 bits per heavy atom. The summed E-state index contributed by atoms with van der Waals surface area (Å²) >= 11 is 4.82. The number of nitrogens with zero attached hydrogens (tertiary/aromatic N) is 1. The third-order valence-corrected chi connectivity index (χ3v) is 2.00. The van der Waals surface area contributed by atoms with E-state index in [4.69, 9.17) is 25.8 Å². The van der Waals surface area contributed by atoms with Crippen molar-refractivity contribution >= 4 is 42.4 Å². The van der Waals surface area contributed by atoms with Gasteiger partial charge in [-0.05, 0) is 13.0 Å². The maximum atomic E-state index is 11.2. The summed E-state index contributed by atoms with van der Waals surface area (Å²) in [5.74, 6) is 0.350. The molecule has 1 rings (SSSR count). The van der Waals surface area contributed by atoms with Crippen LogP contribution in [0, 0.1) is 0 Å². The third-order valence-electron chi connectivity index (χ3n) is 1.78. The summed E-state index contributed by atoms with van der Waals surface area (Å²) in [4.78, 5) is 15.3. The zero-order valence-corrected chi connectivity index (χ0v) is 9.60. The SMILES string of the molecule is [B]c1cnc(NC(=O)NCC)cc1C(N)=S. The van der Waals surface area contributed by atoms with E-state index in [2.05, 4.69) is 15.6 Å². The molecule has 2 amide bonds. The molecule has 1 aromatic heterocycles. The standard InChI is InChI=1S/C9H11BN4OS/c1-2-12-9(15)14-7-3-5(8(11)16)6(10)4-13-7/h3-4H,2H2,1H3,(H2,11,16)(H2,12,13,14,15). The minimum Gasteiger partial charge on any atom is -0.389 e. The summed E-state index contributed by atoms with van der Waals surface area (Å²) < 4.78 is 0. The first-order valence-electron chi connectivity index (χ1n) is 4.64. The molecule has 0 aliphatic rings. The highest BCUT2D eigenvalue weighted by Gasteiger charge is 2.06. The topological polar surface area (TPSA) is 80.0 Å². The molecule has 4 N–H and O–H groups in total. The molecule has 0 saturated carbocycles. The first-order valence-corrected chi connectivity index (χ1v) is 5.05. The highest BCUT2D eigenvalue weighted by atomic mass is 32.1. The number of hydrogen-bond donors (Lipinski definition) is 3. The minimum atomic E-state index is -0.339. The smallest absolute Gasteiger partial charge is 0.320 e. The van der Waals surface area contributed by atoms with Crippen molar-refractivity contribution in [2.24, 2.45) is 5.73 Å². The van der Waals surface area contributed by atoms with Gasteiger partial charge in [-0.3, -0.25) is 5.32 Å². The molecule has 0 fully saturated rings. The summed E-state index contributed by atoms with van der Waals surface area (Å²) in [5, 5.41) is 5.11. The zero-order chi connectivity index (χ0) is 12.1. The first kappa shape index (κ1) is 12.4. The van der Waals surface area contributed by atoms with Crippen LogP contribution in [-0.4, -0.2) is 30.4 Å². The quantitative estimate of drug-likeness (QED) is 0.493. The van der Waals surface area contributed by atoms with Crippen LogP contribution in [0.5, 0.6) is 0 Å². The molecule has 0 saturated heterocycles. The van der Waals surface area contributed by atoms with Gasteiger partial charge in [-0.15, -0.1) is 0 Å². The van der Waals surface area contributed by atoms with E-state index in [1.807, 2.05) is 6.92 Å². The van der Waals surface area contributed by atoms with Crippen LogP contribution >= 0.6 is 12.2 Å². The molecule has 0 aliphatic carbocycles. The molecule has 0 spiro atoms. The van der Waals surface area contributed by atoms with E-state index in [0.717, 1.165) is 0 Å². The van der Waals surface area contributed by atoms with Crippen molar-refractivity contribution in [3.05, 3.63) is 17.8 Å². The van der Waals surface area contributed by atoms with Gasteiger partial charge in [0, 0.05) is 18.3 Å². The van der Waals surface area contributed by atoms with E-state index >= 15 is 0 Å². The van der Waals surface area contributed by atoms with Crippen LogP contribution in [0.15, 0.2) is 12.3 Å². The van der Waals surface area contributed by atoms with E-state index in [9.17, 15) is 4.79 Å². The molecule has 0 aliphatic heterocycles. The number of nitrogens with one attached hydrogen (secondary N) is 2. The van der Waals surface area contributed by atoms with Crippen LogP contribution in [0.1, 0.15) is 12.5 Å². The number of carbonyl (C=O) groups excluding carboxylic acids is 1. The lowest BCUT2D eigenvalue weighted by Gasteiger charge is -2.08. The van der Waals surface area contributed by atoms with Crippen LogP contribution < -0.4 is 21.8 Å². The van der Waals surface area contributed by atoms with Crippen LogP contribution in [0.4, 0.5) is 10.6 Å². The van der Waals surface area contributed by atoms with Crippen molar-refractivity contribution in [1.82, 2.24) is 10.3 Å². The molecule has 5 nitrogen and oxygen atoms in total. The van der Waals surface area contributed by atoms with Gasteiger partial charge in [0.05, 0.1) is 0 Å². The maximum absolute atomic E-state index is 11.2. The van der Waals surface area contributed by atoms with Crippen LogP contribution in [0.2, 0.25) is 0 Å². The average Bonchev–Trinajstić information content (AvgIpc) is 2.21. The molecule has 0 unspecified atom stereocenters. The Hall–Kier alpha value is -1.63. The highest BCUT2D eigenvalue weighted by molar-refractivity contribution is 7.80. The second-order valence-corrected chi connectivity index (χ2v) is 3.45. The Kier molecular flexibility index (Phi) is 4.24. The molecule has 1 heterocycles. The number of urea groups is 1. The Bertz CT molecular complexity index is 424. The predicted octanol–water partition coefficient (Wildman–Crippen LogP) is -0.349.